The van der Waals surface area contributed by atoms with E-state index in [1.807, 2.05) is 0 Å². The van der Waals surface area contributed by atoms with Crippen molar-refractivity contribution in [3.05, 3.63) is 39.8 Å². The molecule has 1 N–H and O–H groups in total. The Morgan fingerprint density at radius 3 is 2.50 bits per heavy atom. The summed E-state index contributed by atoms with van der Waals surface area (Å²) in [6.45, 7) is 0. The third kappa shape index (κ3) is 2.23. The van der Waals surface area contributed by atoms with Crippen LogP contribution in [0, 0.1) is 0 Å². The van der Waals surface area contributed by atoms with Crippen LogP contribution in [0.2, 0.25) is 0 Å². The first-order valence-corrected chi connectivity index (χ1v) is 3.86. The monoisotopic (exact) mass is 231 g/mol. The van der Waals surface area contributed by atoms with Crippen molar-refractivity contribution in [2.45, 2.75) is 6.18 Å². The predicted molar refractivity (Wildman–Crippen MR) is 47.2 cm³/mol. The molecule has 0 aliphatic carbocycles. The van der Waals surface area contributed by atoms with Gasteiger partial charge in [0, 0.05) is 4.91 Å². The Hall–Kier alpha value is -2.21. The molecule has 0 spiro atoms. The van der Waals surface area contributed by atoms with Crippen LogP contribution in [0.3, 0.4) is 0 Å². The van der Waals surface area contributed by atoms with Gasteiger partial charge >= 0.3 is 12.1 Å². The molecule has 1 aromatic rings. The lowest BCUT2D eigenvalue weighted by molar-refractivity contribution is -0.137. The topological polar surface area (TPSA) is 86.1 Å². The Kier molecular flexibility index (Phi) is 3.05. The molecule has 16 heavy (non-hydrogen) atoms. The molecule has 0 radical (unpaired) electrons. The summed E-state index contributed by atoms with van der Waals surface area (Å²) in [6.07, 6.45) is -4.77. The highest BCUT2D eigenvalue weighted by Crippen LogP contribution is 2.38. The minimum absolute atomic E-state index is 0.649. The molecule has 0 saturated heterocycles. The maximum atomic E-state index is 12.4. The molecule has 8 heteroatoms. The van der Waals surface area contributed by atoms with Gasteiger partial charge in [-0.3, -0.25) is 0 Å². The van der Waals surface area contributed by atoms with Crippen LogP contribution < -0.4 is 0 Å². The van der Waals surface area contributed by atoms with Gasteiger partial charge < -0.3 is 5.11 Å². The third-order valence-corrected chi connectivity index (χ3v) is 1.72. The van der Waals surface area contributed by atoms with Crippen molar-refractivity contribution in [3.8, 4) is 0 Å². The molecule has 0 heterocycles. The fourth-order valence-electron chi connectivity index (χ4n) is 1.10. The molecule has 0 bridgehead atoms. The van der Waals surface area contributed by atoms with Crippen molar-refractivity contribution >= 4 is 11.7 Å². The molecule has 0 aliphatic rings. The van der Waals surface area contributed by atoms with E-state index in [0.29, 0.717) is 6.07 Å². The van der Waals surface area contributed by atoms with Crippen LogP contribution >= 0.6 is 0 Å². The Bertz CT molecular complexity index is 478. The minimum Gasteiger partial charge on any atom is -0.478 e. The highest BCUT2D eigenvalue weighted by Gasteiger charge is 2.34. The highest BCUT2D eigenvalue weighted by atomic mass is 19.4. The number of carbonyl (C=O) groups is 1. The maximum absolute atomic E-state index is 12.4. The molecule has 84 valence electrons. The first-order valence-electron chi connectivity index (χ1n) is 3.86. The van der Waals surface area contributed by atoms with E-state index in [4.69, 9.17) is 10.6 Å². The van der Waals surface area contributed by atoms with Crippen LogP contribution in [0.4, 0.5) is 18.9 Å². The fourth-order valence-corrected chi connectivity index (χ4v) is 1.10. The minimum atomic E-state index is -4.77. The van der Waals surface area contributed by atoms with Crippen molar-refractivity contribution in [2.24, 2.45) is 5.11 Å². The molecule has 1 rings (SSSR count). The molecule has 0 aliphatic heterocycles. The van der Waals surface area contributed by atoms with Crippen LogP contribution in [0.15, 0.2) is 23.3 Å². The number of aromatic carboxylic acids is 1. The Balaban J connectivity index is 3.57. The molecule has 0 aromatic heterocycles. The van der Waals surface area contributed by atoms with Crippen molar-refractivity contribution in [2.75, 3.05) is 0 Å². The zero-order chi connectivity index (χ0) is 12.3. The Morgan fingerprint density at radius 1 is 1.44 bits per heavy atom. The van der Waals surface area contributed by atoms with Gasteiger partial charge in [-0.15, -0.1) is 0 Å². The average Bonchev–Trinajstić information content (AvgIpc) is 2.16. The predicted octanol–water partition coefficient (Wildman–Crippen LogP) is 3.35. The average molecular weight is 231 g/mol. The van der Waals surface area contributed by atoms with Gasteiger partial charge in [0.15, 0.2) is 0 Å². The van der Waals surface area contributed by atoms with Gasteiger partial charge in [-0.05, 0) is 17.7 Å². The van der Waals surface area contributed by atoms with Gasteiger partial charge in [0.25, 0.3) is 0 Å². The molecule has 0 atom stereocenters. The van der Waals surface area contributed by atoms with Gasteiger partial charge in [-0.25, -0.2) is 4.79 Å². The zero-order valence-corrected chi connectivity index (χ0v) is 7.56. The third-order valence-electron chi connectivity index (χ3n) is 1.72. The standard InChI is InChI=1S/C8H4F3N3O2/c9-8(10,11)5-3-1-2-4(7(15)16)6(5)13-14-12/h1-3H,(H,15,16). The SMILES string of the molecule is [N-]=[N+]=Nc1c(C(=O)O)cccc1C(F)(F)F. The molecular formula is C8H4F3N3O2. The number of carboxylic acid groups (broad SMARTS) is 1. The quantitative estimate of drug-likeness (QED) is 0.480. The second-order valence-corrected chi connectivity index (χ2v) is 2.69. The smallest absolute Gasteiger partial charge is 0.416 e. The number of alkyl halides is 3. The Morgan fingerprint density at radius 2 is 2.06 bits per heavy atom. The molecule has 0 saturated carbocycles. The molecule has 1 aromatic carbocycles. The largest absolute Gasteiger partial charge is 0.478 e. The number of rotatable bonds is 2. The molecule has 0 unspecified atom stereocenters. The number of carboxylic acids is 1. The summed E-state index contributed by atoms with van der Waals surface area (Å²) < 4.78 is 37.3. The van der Waals surface area contributed by atoms with Crippen LogP contribution in [0.25, 0.3) is 10.4 Å². The number of nitrogens with zero attached hydrogens (tertiary/aromatic N) is 3. The van der Waals surface area contributed by atoms with E-state index in [9.17, 15) is 18.0 Å². The van der Waals surface area contributed by atoms with Gasteiger partial charge in [-0.2, -0.15) is 13.2 Å². The van der Waals surface area contributed by atoms with Crippen molar-refractivity contribution in [3.63, 3.8) is 0 Å². The van der Waals surface area contributed by atoms with E-state index in [1.165, 1.54) is 0 Å². The highest BCUT2D eigenvalue weighted by molar-refractivity contribution is 5.94. The van der Waals surface area contributed by atoms with E-state index in [2.05, 4.69) is 10.0 Å². The molecule has 0 amide bonds. The van der Waals surface area contributed by atoms with E-state index in [-0.39, 0.29) is 0 Å². The zero-order valence-electron chi connectivity index (χ0n) is 7.56. The van der Waals surface area contributed by atoms with Crippen molar-refractivity contribution < 1.29 is 23.1 Å². The van der Waals surface area contributed by atoms with E-state index in [1.54, 1.807) is 0 Å². The summed E-state index contributed by atoms with van der Waals surface area (Å²) in [6, 6.07) is 2.51. The summed E-state index contributed by atoms with van der Waals surface area (Å²) in [7, 11) is 0. The second-order valence-electron chi connectivity index (χ2n) is 2.69. The summed E-state index contributed by atoms with van der Waals surface area (Å²) >= 11 is 0. The van der Waals surface area contributed by atoms with Crippen LogP contribution in [-0.4, -0.2) is 11.1 Å². The van der Waals surface area contributed by atoms with Gasteiger partial charge in [0.1, 0.15) is 0 Å². The van der Waals surface area contributed by atoms with E-state index < -0.39 is 29.0 Å². The van der Waals surface area contributed by atoms with E-state index >= 15 is 0 Å². The first-order chi connectivity index (χ1) is 7.38. The maximum Gasteiger partial charge on any atom is 0.416 e. The van der Waals surface area contributed by atoms with Crippen LogP contribution in [0.1, 0.15) is 15.9 Å². The fraction of sp³-hybridized carbons (Fsp3) is 0.125. The lowest BCUT2D eigenvalue weighted by Crippen LogP contribution is -2.08. The number of hydrogen-bond donors (Lipinski definition) is 1. The van der Waals surface area contributed by atoms with Gasteiger partial charge in [0.2, 0.25) is 0 Å². The second kappa shape index (κ2) is 4.11. The number of azide groups is 1. The summed E-state index contributed by atoms with van der Waals surface area (Å²) in [5, 5.41) is 11.4. The van der Waals surface area contributed by atoms with Gasteiger partial charge in [-0.1, -0.05) is 11.2 Å². The summed E-state index contributed by atoms with van der Waals surface area (Å²) in [5.41, 5.74) is 5.23. The number of halogens is 3. The summed E-state index contributed by atoms with van der Waals surface area (Å²) in [4.78, 5) is 12.8. The molecular weight excluding hydrogens is 227 g/mol. The van der Waals surface area contributed by atoms with Gasteiger partial charge in [0.05, 0.1) is 16.8 Å². The van der Waals surface area contributed by atoms with Crippen molar-refractivity contribution in [1.82, 2.24) is 0 Å². The normalized spacial score (nSPS) is 10.7. The molecule has 5 nitrogen and oxygen atoms in total. The Labute approximate surface area is 86.7 Å². The lowest BCUT2D eigenvalue weighted by Gasteiger charge is -2.10. The number of hydrogen-bond acceptors (Lipinski definition) is 2. The number of benzene rings is 1. The summed E-state index contributed by atoms with van der Waals surface area (Å²) in [5.74, 6) is -1.59. The first kappa shape index (κ1) is 11.9. The van der Waals surface area contributed by atoms with Crippen LogP contribution in [-0.2, 0) is 6.18 Å². The van der Waals surface area contributed by atoms with Crippen LogP contribution in [0.5, 0.6) is 0 Å². The molecule has 0 fully saturated rings. The van der Waals surface area contributed by atoms with E-state index in [0.717, 1.165) is 12.1 Å². The van der Waals surface area contributed by atoms with Crippen molar-refractivity contribution in [1.29, 1.82) is 0 Å². The lowest BCUT2D eigenvalue weighted by atomic mass is 10.1.